The number of aromatic nitrogens is 3. The first-order valence-electron chi connectivity index (χ1n) is 10.5. The van der Waals surface area contributed by atoms with E-state index in [0.29, 0.717) is 28.2 Å². The Morgan fingerprint density at radius 1 is 0.649 bits per heavy atom. The Balaban J connectivity index is 1.62. The van der Waals surface area contributed by atoms with Crippen molar-refractivity contribution >= 4 is 75.8 Å². The minimum atomic E-state index is -1.04. The molecule has 37 heavy (non-hydrogen) atoms. The molecule has 0 aliphatic rings. The number of halogens is 1. The molecule has 1 heterocycles. The van der Waals surface area contributed by atoms with Crippen LogP contribution in [0.3, 0.4) is 0 Å². The van der Waals surface area contributed by atoms with E-state index in [0.717, 1.165) is 0 Å². The van der Waals surface area contributed by atoms with Crippen LogP contribution in [0.15, 0.2) is 72.8 Å². The summed E-state index contributed by atoms with van der Waals surface area (Å²) in [5.74, 6) is -1.52. The van der Waals surface area contributed by atoms with Crippen LogP contribution in [0, 0.1) is 0 Å². The number of rotatable bonds is 9. The van der Waals surface area contributed by atoms with Crippen molar-refractivity contribution in [3.8, 4) is 0 Å². The molecule has 12 nitrogen and oxygen atoms in total. The number of hydrogen-bond donors (Lipinski definition) is 5. The first-order chi connectivity index (χ1) is 17.8. The van der Waals surface area contributed by atoms with Crippen molar-refractivity contribution in [1.82, 2.24) is 15.0 Å². The number of carboxylic acid groups (broad SMARTS) is 1. The van der Waals surface area contributed by atoms with Crippen molar-refractivity contribution in [2.45, 2.75) is 0 Å². The fraction of sp³-hybridized carbons (Fsp3) is 0. The van der Waals surface area contributed by atoms with Gasteiger partial charge in [-0.3, -0.25) is 4.79 Å². The molecule has 3 aromatic carbocycles. The molecule has 4 aromatic rings. The zero-order valence-corrected chi connectivity index (χ0v) is 21.0. The summed E-state index contributed by atoms with van der Waals surface area (Å²) in [6, 6.07) is 19.0. The van der Waals surface area contributed by atoms with Crippen LogP contribution < -0.4 is 21.7 Å². The quantitative estimate of drug-likeness (QED) is 0.169. The van der Waals surface area contributed by atoms with Gasteiger partial charge in [-0.1, -0.05) is 0 Å². The van der Waals surface area contributed by atoms with E-state index in [-0.39, 0.29) is 23.4 Å². The summed E-state index contributed by atoms with van der Waals surface area (Å²) in [6.07, 6.45) is 0. The number of benzene rings is 3. The molecule has 6 N–H and O–H groups in total. The van der Waals surface area contributed by atoms with Gasteiger partial charge in [-0.25, -0.2) is 9.59 Å². The van der Waals surface area contributed by atoms with Crippen LogP contribution in [0.4, 0.5) is 34.9 Å². The number of amides is 1. The summed E-state index contributed by atoms with van der Waals surface area (Å²) in [4.78, 5) is 47.3. The molecular formula is C24H18IN7O5. The molecule has 0 radical (unpaired) electrons. The zero-order valence-electron chi connectivity index (χ0n) is 18.8. The lowest BCUT2D eigenvalue weighted by molar-refractivity contribution is 0.0695. The first kappa shape index (κ1) is 25.3. The third-order valence-electron chi connectivity index (χ3n) is 4.90. The van der Waals surface area contributed by atoms with Crippen molar-refractivity contribution in [3.05, 3.63) is 89.5 Å². The molecule has 4 rings (SSSR count). The molecule has 0 fully saturated rings. The Hall–Kier alpha value is -4.79. The molecule has 0 spiro atoms. The Labute approximate surface area is 224 Å². The molecule has 0 saturated heterocycles. The Bertz CT molecular complexity index is 1370. The van der Waals surface area contributed by atoms with E-state index in [1.54, 1.807) is 60.7 Å². The molecule has 1 aromatic heterocycles. The lowest BCUT2D eigenvalue weighted by Gasteiger charge is -2.12. The van der Waals surface area contributed by atoms with E-state index in [9.17, 15) is 14.4 Å². The monoisotopic (exact) mass is 611 g/mol. The highest BCUT2D eigenvalue weighted by molar-refractivity contribution is 14.1. The number of nitrogens with two attached hydrogens (primary N) is 1. The highest BCUT2D eigenvalue weighted by atomic mass is 127. The number of carbonyl (C=O) groups is 3. The maximum absolute atomic E-state index is 11.7. The average Bonchev–Trinajstić information content (AvgIpc) is 2.89. The van der Waals surface area contributed by atoms with E-state index in [1.165, 1.54) is 35.1 Å². The lowest BCUT2D eigenvalue weighted by atomic mass is 10.2. The number of nitrogens with zero attached hydrogens (tertiary/aromatic N) is 3. The molecule has 0 saturated carbocycles. The molecule has 1 amide bonds. The predicted molar refractivity (Wildman–Crippen MR) is 144 cm³/mol. The number of anilines is 6. The Kier molecular flexibility index (Phi) is 7.73. The van der Waals surface area contributed by atoms with Gasteiger partial charge in [0.15, 0.2) is 23.0 Å². The van der Waals surface area contributed by atoms with E-state index >= 15 is 0 Å². The van der Waals surface area contributed by atoms with Gasteiger partial charge in [0.2, 0.25) is 23.8 Å². The van der Waals surface area contributed by atoms with Gasteiger partial charge in [-0.05, 0) is 72.8 Å². The summed E-state index contributed by atoms with van der Waals surface area (Å²) in [6.45, 7) is 0. The first-order valence-corrected chi connectivity index (χ1v) is 11.4. The van der Waals surface area contributed by atoms with Crippen molar-refractivity contribution in [2.75, 3.05) is 16.0 Å². The highest BCUT2D eigenvalue weighted by Crippen LogP contribution is 2.22. The lowest BCUT2D eigenvalue weighted by Crippen LogP contribution is -2.10. The van der Waals surface area contributed by atoms with Crippen LogP contribution in [-0.2, 0) is 3.07 Å². The SMILES string of the molecule is NC(=O)c1ccc(Nc2nc(Nc3ccc(C(=O)O)cc3)nc(Nc3ccc(C(=O)OI)cc3)n2)cc1. The van der Waals surface area contributed by atoms with Gasteiger partial charge in [0.1, 0.15) is 0 Å². The molecule has 0 aliphatic carbocycles. The topological polar surface area (TPSA) is 181 Å². The average molecular weight is 611 g/mol. The summed E-state index contributed by atoms with van der Waals surface area (Å²) < 4.78 is 4.68. The summed E-state index contributed by atoms with van der Waals surface area (Å²) in [5.41, 5.74) is 7.92. The number of aromatic carboxylic acids is 1. The van der Waals surface area contributed by atoms with Crippen LogP contribution in [0.1, 0.15) is 31.1 Å². The third kappa shape index (κ3) is 6.66. The fourth-order valence-corrected chi connectivity index (χ4v) is 3.33. The van der Waals surface area contributed by atoms with Crippen LogP contribution in [0.2, 0.25) is 0 Å². The van der Waals surface area contributed by atoms with Gasteiger partial charge < -0.3 is 29.9 Å². The fourth-order valence-electron chi connectivity index (χ4n) is 3.08. The van der Waals surface area contributed by atoms with E-state index < -0.39 is 17.8 Å². The molecule has 13 heteroatoms. The number of nitrogens with one attached hydrogen (secondary N) is 3. The van der Waals surface area contributed by atoms with Gasteiger partial charge >= 0.3 is 11.9 Å². The second-order valence-corrected chi connectivity index (χ2v) is 7.89. The summed E-state index contributed by atoms with van der Waals surface area (Å²) in [7, 11) is 0. The maximum atomic E-state index is 11.7. The molecule has 0 atom stereocenters. The number of hydrogen-bond acceptors (Lipinski definition) is 10. The second-order valence-electron chi connectivity index (χ2n) is 7.45. The normalized spacial score (nSPS) is 10.3. The largest absolute Gasteiger partial charge is 0.478 e. The van der Waals surface area contributed by atoms with Gasteiger partial charge in [0, 0.05) is 22.6 Å². The van der Waals surface area contributed by atoms with Crippen LogP contribution in [-0.4, -0.2) is 37.9 Å². The number of carboxylic acids is 1. The second kappa shape index (κ2) is 11.3. The van der Waals surface area contributed by atoms with E-state index in [1.807, 2.05) is 0 Å². The van der Waals surface area contributed by atoms with Crippen LogP contribution >= 0.6 is 23.0 Å². The van der Waals surface area contributed by atoms with Crippen LogP contribution in [0.25, 0.3) is 0 Å². The smallest absolute Gasteiger partial charge is 0.347 e. The number of carbonyl (C=O) groups excluding carboxylic acids is 2. The van der Waals surface area contributed by atoms with Gasteiger partial charge in [0.25, 0.3) is 0 Å². The van der Waals surface area contributed by atoms with Crippen molar-refractivity contribution in [3.63, 3.8) is 0 Å². The Morgan fingerprint density at radius 2 is 1.00 bits per heavy atom. The minimum Gasteiger partial charge on any atom is -0.478 e. The summed E-state index contributed by atoms with van der Waals surface area (Å²) in [5, 5.41) is 18.2. The molecule has 0 aliphatic heterocycles. The summed E-state index contributed by atoms with van der Waals surface area (Å²) >= 11 is 1.52. The maximum Gasteiger partial charge on any atom is 0.347 e. The third-order valence-corrected chi connectivity index (χ3v) is 5.30. The minimum absolute atomic E-state index is 0.139. The van der Waals surface area contributed by atoms with E-state index in [4.69, 9.17) is 10.8 Å². The highest BCUT2D eigenvalue weighted by Gasteiger charge is 2.11. The van der Waals surface area contributed by atoms with Crippen molar-refractivity contribution < 1.29 is 22.6 Å². The standard InChI is InChI=1S/C24H18IN7O5/c25-37-21(36)15-5-11-18(12-6-15)29-24-31-22(27-16-7-1-13(2-8-16)19(26)33)30-23(32-24)28-17-9-3-14(4-10-17)20(34)35/h1-12H,(H2,26,33)(H,34,35)(H3,27,28,29,30,31,32). The van der Waals surface area contributed by atoms with Crippen molar-refractivity contribution in [2.24, 2.45) is 5.73 Å². The molecular weight excluding hydrogens is 593 g/mol. The molecule has 186 valence electrons. The van der Waals surface area contributed by atoms with E-state index in [2.05, 4.69) is 34.0 Å². The van der Waals surface area contributed by atoms with Crippen LogP contribution in [0.5, 0.6) is 0 Å². The van der Waals surface area contributed by atoms with Gasteiger partial charge in [-0.15, -0.1) is 0 Å². The molecule has 0 bridgehead atoms. The number of primary amides is 1. The zero-order chi connectivity index (χ0) is 26.4. The molecule has 0 unspecified atom stereocenters. The van der Waals surface area contributed by atoms with Gasteiger partial charge in [0.05, 0.1) is 11.1 Å². The van der Waals surface area contributed by atoms with Crippen molar-refractivity contribution in [1.29, 1.82) is 0 Å². The Morgan fingerprint density at radius 3 is 1.32 bits per heavy atom. The predicted octanol–water partition coefficient (Wildman–Crippen LogP) is 4.41. The van der Waals surface area contributed by atoms with Gasteiger partial charge in [-0.2, -0.15) is 15.0 Å².